The Morgan fingerprint density at radius 2 is 1.14 bits per heavy atom. The van der Waals surface area contributed by atoms with Gasteiger partial charge in [0.25, 0.3) is 0 Å². The highest BCUT2D eigenvalue weighted by molar-refractivity contribution is 5.93. The van der Waals surface area contributed by atoms with Crippen LogP contribution in [0.4, 0.5) is 0 Å². The van der Waals surface area contributed by atoms with E-state index in [1.165, 1.54) is 55.6 Å². The lowest BCUT2D eigenvalue weighted by Crippen LogP contribution is -2.15. The zero-order valence-electron chi connectivity index (χ0n) is 17.6. The number of rotatable bonds is 2. The summed E-state index contributed by atoms with van der Waals surface area (Å²) in [6.07, 6.45) is 0. The van der Waals surface area contributed by atoms with Gasteiger partial charge in [-0.2, -0.15) is 0 Å². The molecule has 0 N–H and O–H groups in total. The fourth-order valence-electron chi connectivity index (χ4n) is 4.81. The lowest BCUT2D eigenvalue weighted by molar-refractivity contribution is 0.659. The first-order valence-corrected chi connectivity index (χ1v) is 10.4. The van der Waals surface area contributed by atoms with Gasteiger partial charge in [0.2, 0.25) is 0 Å². The molecule has 1 aliphatic rings. The average Bonchev–Trinajstić information content (AvgIpc) is 2.95. The highest BCUT2D eigenvalue weighted by Gasteiger charge is 2.37. The van der Waals surface area contributed by atoms with Crippen LogP contribution in [0.1, 0.15) is 36.1 Å². The van der Waals surface area contributed by atoms with Gasteiger partial charge in [0.05, 0.1) is 0 Å². The third-order valence-corrected chi connectivity index (χ3v) is 6.38. The number of aryl methyl sites for hydroxylation is 2. The Kier molecular flexibility index (Phi) is 3.99. The summed E-state index contributed by atoms with van der Waals surface area (Å²) in [7, 11) is 0. The molecule has 0 heteroatoms. The van der Waals surface area contributed by atoms with Crippen molar-refractivity contribution in [2.24, 2.45) is 0 Å². The molecule has 0 amide bonds. The van der Waals surface area contributed by atoms with Crippen LogP contribution in [0.5, 0.6) is 0 Å². The van der Waals surface area contributed by atoms with Crippen LogP contribution in [-0.2, 0) is 5.41 Å². The number of hydrogen-bond donors (Lipinski definition) is 0. The minimum absolute atomic E-state index is 0.0292. The lowest BCUT2D eigenvalue weighted by Gasteiger charge is -2.22. The first-order valence-electron chi connectivity index (χ1n) is 10.4. The molecule has 0 saturated heterocycles. The van der Waals surface area contributed by atoms with Gasteiger partial charge in [-0.1, -0.05) is 110 Å². The van der Waals surface area contributed by atoms with Crippen LogP contribution in [-0.4, -0.2) is 0 Å². The Morgan fingerprint density at radius 1 is 0.517 bits per heavy atom. The van der Waals surface area contributed by atoms with Crippen LogP contribution >= 0.6 is 0 Å². The maximum atomic E-state index is 2.38. The second-order valence-corrected chi connectivity index (χ2v) is 8.85. The van der Waals surface area contributed by atoms with Crippen molar-refractivity contribution in [3.63, 3.8) is 0 Å². The Morgan fingerprint density at radius 3 is 1.86 bits per heavy atom. The summed E-state index contributed by atoms with van der Waals surface area (Å²) in [6.45, 7) is 9.12. The molecule has 0 bridgehead atoms. The van der Waals surface area contributed by atoms with Gasteiger partial charge in [0, 0.05) is 5.41 Å². The van der Waals surface area contributed by atoms with E-state index in [-0.39, 0.29) is 5.41 Å². The summed E-state index contributed by atoms with van der Waals surface area (Å²) in [6, 6.07) is 31.3. The van der Waals surface area contributed by atoms with Gasteiger partial charge in [0.1, 0.15) is 0 Å². The number of benzene rings is 4. The molecule has 1 aliphatic carbocycles. The number of hydrogen-bond acceptors (Lipinski definition) is 0. The first kappa shape index (κ1) is 17.9. The van der Waals surface area contributed by atoms with Crippen LogP contribution in [0.3, 0.4) is 0 Å². The van der Waals surface area contributed by atoms with Gasteiger partial charge in [-0.15, -0.1) is 0 Å². The molecule has 0 unspecified atom stereocenters. The second-order valence-electron chi connectivity index (χ2n) is 8.85. The average molecular weight is 375 g/mol. The molecule has 29 heavy (non-hydrogen) atoms. The van der Waals surface area contributed by atoms with Crippen LogP contribution < -0.4 is 0 Å². The lowest BCUT2D eigenvalue weighted by atomic mass is 9.81. The van der Waals surface area contributed by atoms with E-state index in [1.54, 1.807) is 0 Å². The maximum Gasteiger partial charge on any atom is 0.0159 e. The summed E-state index contributed by atoms with van der Waals surface area (Å²) < 4.78 is 0. The van der Waals surface area contributed by atoms with E-state index in [1.807, 2.05) is 0 Å². The Labute approximate surface area is 173 Å². The molecular weight excluding hydrogens is 348 g/mol. The van der Waals surface area contributed by atoms with Crippen molar-refractivity contribution >= 4 is 0 Å². The molecule has 0 radical (unpaired) electrons. The smallest absolute Gasteiger partial charge is 0.0159 e. The van der Waals surface area contributed by atoms with Gasteiger partial charge in [-0.3, -0.25) is 0 Å². The van der Waals surface area contributed by atoms with Crippen LogP contribution in [0.15, 0.2) is 84.9 Å². The van der Waals surface area contributed by atoms with E-state index in [4.69, 9.17) is 0 Å². The summed E-state index contributed by atoms with van der Waals surface area (Å²) in [5.41, 5.74) is 13.5. The molecular formula is C29H26. The first-order chi connectivity index (χ1) is 13.9. The van der Waals surface area contributed by atoms with Crippen molar-refractivity contribution in [3.05, 3.63) is 107 Å². The third kappa shape index (κ3) is 2.83. The maximum absolute atomic E-state index is 2.38. The molecule has 0 heterocycles. The normalized spacial score (nSPS) is 13.8. The Bertz CT molecular complexity index is 1210. The van der Waals surface area contributed by atoms with Crippen molar-refractivity contribution in [2.75, 3.05) is 0 Å². The SMILES string of the molecule is Cc1ccc2c(c1)C(C)(C)c1cc(C)cc(-c3ccc(-c4ccccc4)cc3)c1-2. The summed E-state index contributed by atoms with van der Waals surface area (Å²) >= 11 is 0. The van der Waals surface area contributed by atoms with Gasteiger partial charge < -0.3 is 0 Å². The minimum atomic E-state index is 0.0292. The minimum Gasteiger partial charge on any atom is -0.0622 e. The third-order valence-electron chi connectivity index (χ3n) is 6.38. The van der Waals surface area contributed by atoms with Crippen molar-refractivity contribution in [1.82, 2.24) is 0 Å². The van der Waals surface area contributed by atoms with Crippen molar-refractivity contribution in [3.8, 4) is 33.4 Å². The standard InChI is InChI=1S/C29H26/c1-19-10-15-24-26(17-19)29(3,4)27-18-20(2)16-25(28(24)27)23-13-11-22(12-14-23)21-8-6-5-7-9-21/h5-18H,1-4H3. The quantitative estimate of drug-likeness (QED) is 0.334. The Balaban J connectivity index is 1.70. The van der Waals surface area contributed by atoms with Crippen molar-refractivity contribution in [1.29, 1.82) is 0 Å². The predicted octanol–water partition coefficient (Wildman–Crippen LogP) is 7.94. The zero-order valence-corrected chi connectivity index (χ0v) is 17.6. The summed E-state index contributed by atoms with van der Waals surface area (Å²) in [5, 5.41) is 0. The largest absolute Gasteiger partial charge is 0.0622 e. The van der Waals surface area contributed by atoms with E-state index in [0.717, 1.165) is 0 Å². The van der Waals surface area contributed by atoms with Gasteiger partial charge in [-0.25, -0.2) is 0 Å². The fraction of sp³-hybridized carbons (Fsp3) is 0.172. The molecule has 4 aromatic carbocycles. The molecule has 0 saturated carbocycles. The monoisotopic (exact) mass is 374 g/mol. The summed E-state index contributed by atoms with van der Waals surface area (Å²) in [5.74, 6) is 0. The fourth-order valence-corrected chi connectivity index (χ4v) is 4.81. The van der Waals surface area contributed by atoms with Crippen LogP contribution in [0.25, 0.3) is 33.4 Å². The molecule has 0 nitrogen and oxygen atoms in total. The zero-order chi connectivity index (χ0) is 20.2. The van der Waals surface area contributed by atoms with E-state index in [9.17, 15) is 0 Å². The highest BCUT2D eigenvalue weighted by Crippen LogP contribution is 2.52. The molecule has 142 valence electrons. The van der Waals surface area contributed by atoms with Crippen LogP contribution in [0, 0.1) is 13.8 Å². The topological polar surface area (TPSA) is 0 Å². The molecule has 0 atom stereocenters. The van der Waals surface area contributed by atoms with Crippen LogP contribution in [0.2, 0.25) is 0 Å². The van der Waals surface area contributed by atoms with E-state index < -0.39 is 0 Å². The Hall–Kier alpha value is -3.12. The molecule has 0 fully saturated rings. The van der Waals surface area contributed by atoms with Crippen molar-refractivity contribution < 1.29 is 0 Å². The molecule has 0 aromatic heterocycles. The van der Waals surface area contributed by atoms with E-state index >= 15 is 0 Å². The number of fused-ring (bicyclic) bond motifs is 3. The highest BCUT2D eigenvalue weighted by atomic mass is 14.4. The molecule has 5 rings (SSSR count). The van der Waals surface area contributed by atoms with Gasteiger partial charge >= 0.3 is 0 Å². The molecule has 0 aliphatic heterocycles. The van der Waals surface area contributed by atoms with Crippen molar-refractivity contribution in [2.45, 2.75) is 33.1 Å². The molecule has 0 spiro atoms. The summed E-state index contributed by atoms with van der Waals surface area (Å²) in [4.78, 5) is 0. The van der Waals surface area contributed by atoms with E-state index in [2.05, 4.69) is 113 Å². The predicted molar refractivity (Wildman–Crippen MR) is 124 cm³/mol. The van der Waals surface area contributed by atoms with Gasteiger partial charge in [0.15, 0.2) is 0 Å². The van der Waals surface area contributed by atoms with E-state index in [0.29, 0.717) is 0 Å². The van der Waals surface area contributed by atoms with Gasteiger partial charge in [-0.05, 0) is 58.4 Å². The molecule has 4 aromatic rings. The second kappa shape index (κ2) is 6.46.